The highest BCUT2D eigenvalue weighted by Gasteiger charge is 2.19. The summed E-state index contributed by atoms with van der Waals surface area (Å²) < 4.78 is 9.73. The standard InChI is InChI=1S/C10H10O6/c1-15-7-4-5(9(11)12)3-6(10(13)14)8(7)16-2/h3-4H,1-2H3,(H,11,12)(H,13,14). The molecule has 1 aromatic carbocycles. The molecule has 0 bridgehead atoms. The SMILES string of the molecule is COc1cc(C(=O)O)cc(C(=O)O)c1OC. The van der Waals surface area contributed by atoms with Gasteiger partial charge in [0.25, 0.3) is 0 Å². The normalized spacial score (nSPS) is 9.62. The third-order valence-electron chi connectivity index (χ3n) is 1.96. The summed E-state index contributed by atoms with van der Waals surface area (Å²) in [7, 11) is 2.58. The first kappa shape index (κ1) is 11.8. The van der Waals surface area contributed by atoms with Crippen molar-refractivity contribution < 1.29 is 29.3 Å². The van der Waals surface area contributed by atoms with E-state index in [1.807, 2.05) is 0 Å². The predicted octanol–water partition coefficient (Wildman–Crippen LogP) is 1.10. The minimum Gasteiger partial charge on any atom is -0.493 e. The van der Waals surface area contributed by atoms with E-state index in [0.29, 0.717) is 0 Å². The van der Waals surface area contributed by atoms with Crippen LogP contribution in [0.1, 0.15) is 20.7 Å². The Morgan fingerprint density at radius 1 is 1.06 bits per heavy atom. The van der Waals surface area contributed by atoms with Crippen molar-refractivity contribution in [2.75, 3.05) is 14.2 Å². The summed E-state index contributed by atoms with van der Waals surface area (Å²) in [6, 6.07) is 2.22. The summed E-state index contributed by atoms with van der Waals surface area (Å²) >= 11 is 0. The van der Waals surface area contributed by atoms with Gasteiger partial charge in [0.1, 0.15) is 5.56 Å². The molecule has 0 aliphatic rings. The number of benzene rings is 1. The topological polar surface area (TPSA) is 93.1 Å². The molecule has 16 heavy (non-hydrogen) atoms. The van der Waals surface area contributed by atoms with Crippen LogP contribution in [-0.4, -0.2) is 36.4 Å². The summed E-state index contributed by atoms with van der Waals surface area (Å²) in [5.41, 5.74) is -0.422. The molecule has 0 saturated heterocycles. The number of aromatic carboxylic acids is 2. The van der Waals surface area contributed by atoms with Crippen LogP contribution in [0.5, 0.6) is 11.5 Å². The van der Waals surface area contributed by atoms with E-state index in [4.69, 9.17) is 19.7 Å². The highest BCUT2D eigenvalue weighted by atomic mass is 16.5. The van der Waals surface area contributed by atoms with E-state index in [1.165, 1.54) is 20.3 Å². The average molecular weight is 226 g/mol. The molecule has 0 atom stereocenters. The van der Waals surface area contributed by atoms with Gasteiger partial charge in [-0.05, 0) is 12.1 Å². The first-order valence-corrected chi connectivity index (χ1v) is 4.23. The Labute approximate surface area is 91.0 Å². The number of ether oxygens (including phenoxy) is 2. The van der Waals surface area contributed by atoms with Gasteiger partial charge < -0.3 is 19.7 Å². The lowest BCUT2D eigenvalue weighted by molar-refractivity contribution is 0.0692. The van der Waals surface area contributed by atoms with Crippen LogP contribution >= 0.6 is 0 Å². The Bertz CT molecular complexity index is 437. The van der Waals surface area contributed by atoms with E-state index in [-0.39, 0.29) is 22.6 Å². The number of carboxylic acids is 2. The van der Waals surface area contributed by atoms with Crippen molar-refractivity contribution in [1.82, 2.24) is 0 Å². The largest absolute Gasteiger partial charge is 0.493 e. The molecular formula is C10H10O6. The van der Waals surface area contributed by atoms with Crippen molar-refractivity contribution in [2.24, 2.45) is 0 Å². The fourth-order valence-electron chi connectivity index (χ4n) is 1.25. The Morgan fingerprint density at radius 3 is 2.06 bits per heavy atom. The van der Waals surface area contributed by atoms with Gasteiger partial charge in [0.05, 0.1) is 19.8 Å². The molecule has 0 unspecified atom stereocenters. The minimum atomic E-state index is -1.28. The van der Waals surface area contributed by atoms with Gasteiger partial charge >= 0.3 is 11.9 Å². The molecule has 0 aliphatic carbocycles. The maximum absolute atomic E-state index is 10.9. The Morgan fingerprint density at radius 2 is 1.69 bits per heavy atom. The molecular weight excluding hydrogens is 216 g/mol. The fraction of sp³-hybridized carbons (Fsp3) is 0.200. The first-order valence-electron chi connectivity index (χ1n) is 4.23. The maximum atomic E-state index is 10.9. The summed E-state index contributed by atoms with van der Waals surface area (Å²) in [5, 5.41) is 17.7. The minimum absolute atomic E-state index is 0.000000000000000444. The lowest BCUT2D eigenvalue weighted by atomic mass is 10.1. The molecule has 6 nitrogen and oxygen atoms in total. The molecule has 0 saturated carbocycles. The van der Waals surface area contributed by atoms with Gasteiger partial charge in [0.15, 0.2) is 11.5 Å². The fourth-order valence-corrected chi connectivity index (χ4v) is 1.25. The van der Waals surface area contributed by atoms with Crippen molar-refractivity contribution in [3.63, 3.8) is 0 Å². The molecule has 0 fully saturated rings. The van der Waals surface area contributed by atoms with Crippen LogP contribution in [0, 0.1) is 0 Å². The van der Waals surface area contributed by atoms with Crippen LogP contribution in [0.25, 0.3) is 0 Å². The molecule has 86 valence electrons. The molecule has 0 spiro atoms. The van der Waals surface area contributed by atoms with Crippen LogP contribution in [0.4, 0.5) is 0 Å². The lowest BCUT2D eigenvalue weighted by Gasteiger charge is -2.11. The van der Waals surface area contributed by atoms with Crippen molar-refractivity contribution in [3.8, 4) is 11.5 Å². The van der Waals surface area contributed by atoms with Crippen LogP contribution in [0.3, 0.4) is 0 Å². The first-order chi connectivity index (χ1) is 7.51. The predicted molar refractivity (Wildman–Crippen MR) is 53.5 cm³/mol. The summed E-state index contributed by atoms with van der Waals surface area (Å²) in [4.78, 5) is 21.6. The molecule has 0 aliphatic heterocycles. The second kappa shape index (κ2) is 4.52. The van der Waals surface area contributed by atoms with Crippen LogP contribution < -0.4 is 9.47 Å². The third-order valence-corrected chi connectivity index (χ3v) is 1.96. The Kier molecular flexibility index (Phi) is 3.34. The van der Waals surface area contributed by atoms with Crippen LogP contribution in [0.15, 0.2) is 12.1 Å². The van der Waals surface area contributed by atoms with Gasteiger partial charge in [-0.3, -0.25) is 0 Å². The van der Waals surface area contributed by atoms with Crippen molar-refractivity contribution in [2.45, 2.75) is 0 Å². The molecule has 1 rings (SSSR count). The third kappa shape index (κ3) is 2.05. The van der Waals surface area contributed by atoms with Gasteiger partial charge in [0.2, 0.25) is 0 Å². The summed E-state index contributed by atoms with van der Waals surface area (Å²) in [6.45, 7) is 0. The molecule has 0 aromatic heterocycles. The molecule has 2 N–H and O–H groups in total. The van der Waals surface area contributed by atoms with Crippen molar-refractivity contribution in [3.05, 3.63) is 23.3 Å². The number of methoxy groups -OCH3 is 2. The zero-order chi connectivity index (χ0) is 12.3. The molecule has 0 amide bonds. The van der Waals surface area contributed by atoms with Gasteiger partial charge in [-0.25, -0.2) is 9.59 Å². The van der Waals surface area contributed by atoms with Gasteiger partial charge in [-0.2, -0.15) is 0 Å². The average Bonchev–Trinajstić information content (AvgIpc) is 2.26. The lowest BCUT2D eigenvalue weighted by Crippen LogP contribution is -2.06. The van der Waals surface area contributed by atoms with Gasteiger partial charge in [0, 0.05) is 0 Å². The van der Waals surface area contributed by atoms with Gasteiger partial charge in [-0.1, -0.05) is 0 Å². The van der Waals surface area contributed by atoms with E-state index < -0.39 is 11.9 Å². The molecule has 6 heteroatoms. The second-order valence-corrected chi connectivity index (χ2v) is 2.87. The molecule has 1 aromatic rings. The van der Waals surface area contributed by atoms with E-state index in [0.717, 1.165) is 6.07 Å². The van der Waals surface area contributed by atoms with Crippen molar-refractivity contribution >= 4 is 11.9 Å². The van der Waals surface area contributed by atoms with E-state index in [2.05, 4.69) is 0 Å². The van der Waals surface area contributed by atoms with Crippen LogP contribution in [-0.2, 0) is 0 Å². The zero-order valence-electron chi connectivity index (χ0n) is 8.68. The number of rotatable bonds is 4. The van der Waals surface area contributed by atoms with E-state index in [1.54, 1.807) is 0 Å². The smallest absolute Gasteiger partial charge is 0.339 e. The summed E-state index contributed by atoms with van der Waals surface area (Å²) in [6.07, 6.45) is 0. The molecule has 0 heterocycles. The number of carboxylic acid groups (broad SMARTS) is 2. The second-order valence-electron chi connectivity index (χ2n) is 2.87. The Balaban J connectivity index is 3.49. The summed E-state index contributed by atoms with van der Waals surface area (Å²) in [5.74, 6) is -2.44. The van der Waals surface area contributed by atoms with Crippen LogP contribution in [0.2, 0.25) is 0 Å². The number of carbonyl (C=O) groups is 2. The van der Waals surface area contributed by atoms with E-state index in [9.17, 15) is 9.59 Å². The van der Waals surface area contributed by atoms with Gasteiger partial charge in [-0.15, -0.1) is 0 Å². The quantitative estimate of drug-likeness (QED) is 0.798. The molecule has 0 radical (unpaired) electrons. The highest BCUT2D eigenvalue weighted by Crippen LogP contribution is 2.32. The van der Waals surface area contributed by atoms with E-state index >= 15 is 0 Å². The highest BCUT2D eigenvalue weighted by molar-refractivity contribution is 5.97. The monoisotopic (exact) mass is 226 g/mol. The van der Waals surface area contributed by atoms with Crippen molar-refractivity contribution in [1.29, 1.82) is 0 Å². The Hall–Kier alpha value is -2.24. The zero-order valence-corrected chi connectivity index (χ0v) is 8.68. The maximum Gasteiger partial charge on any atom is 0.339 e. The number of hydrogen-bond acceptors (Lipinski definition) is 4. The number of hydrogen-bond donors (Lipinski definition) is 2.